The highest BCUT2D eigenvalue weighted by Gasteiger charge is 2.01. The van der Waals surface area contributed by atoms with E-state index in [1.54, 1.807) is 30.3 Å². The number of hydrogen-bond acceptors (Lipinski definition) is 2. The third-order valence-corrected chi connectivity index (χ3v) is 3.07. The molecule has 3 N–H and O–H groups in total. The molecule has 0 saturated carbocycles. The molecule has 2 rings (SSSR count). The molecule has 0 aromatic heterocycles. The van der Waals surface area contributed by atoms with Crippen molar-refractivity contribution in [1.82, 2.24) is 0 Å². The molecule has 0 aliphatic heterocycles. The van der Waals surface area contributed by atoms with Crippen LogP contribution in [0.25, 0.3) is 6.08 Å². The van der Waals surface area contributed by atoms with E-state index in [1.807, 2.05) is 18.2 Å². The van der Waals surface area contributed by atoms with Crippen LogP contribution in [0.15, 0.2) is 48.5 Å². The molecule has 0 fully saturated rings. The molecule has 0 radical (unpaired) electrons. The molecule has 0 atom stereocenters. The lowest BCUT2D eigenvalue weighted by Crippen LogP contribution is -2.08. The van der Waals surface area contributed by atoms with Crippen molar-refractivity contribution in [2.75, 3.05) is 11.1 Å². The van der Waals surface area contributed by atoms with Crippen LogP contribution in [0.1, 0.15) is 5.56 Å². The topological polar surface area (TPSA) is 55.1 Å². The number of anilines is 2. The Morgan fingerprint density at radius 2 is 1.90 bits per heavy atom. The minimum atomic E-state index is -0.286. The summed E-state index contributed by atoms with van der Waals surface area (Å²) in [5, 5.41) is 3.73. The first-order valence-electron chi connectivity index (χ1n) is 5.84. The second kappa shape index (κ2) is 6.46. The molecule has 0 heterocycles. The van der Waals surface area contributed by atoms with Gasteiger partial charge in [-0.3, -0.25) is 4.79 Å². The average Bonchev–Trinajstić information content (AvgIpc) is 2.36. The van der Waals surface area contributed by atoms with Gasteiger partial charge in [-0.1, -0.05) is 41.4 Å². The number of benzene rings is 2. The summed E-state index contributed by atoms with van der Waals surface area (Å²) in [5.74, 6) is -0.286. The number of rotatable bonds is 3. The highest BCUT2D eigenvalue weighted by Crippen LogP contribution is 2.20. The van der Waals surface area contributed by atoms with Crippen molar-refractivity contribution in [1.29, 1.82) is 0 Å². The quantitative estimate of drug-likeness (QED) is 0.658. The zero-order valence-electron chi connectivity index (χ0n) is 10.4. The van der Waals surface area contributed by atoms with Crippen molar-refractivity contribution >= 4 is 46.6 Å². The monoisotopic (exact) mass is 306 g/mol. The van der Waals surface area contributed by atoms with Gasteiger partial charge >= 0.3 is 0 Å². The Kier molecular flexibility index (Phi) is 4.66. The van der Waals surface area contributed by atoms with Crippen LogP contribution in [-0.4, -0.2) is 5.91 Å². The van der Waals surface area contributed by atoms with Gasteiger partial charge in [0.2, 0.25) is 5.91 Å². The molecule has 0 saturated heterocycles. The maximum Gasteiger partial charge on any atom is 0.248 e. The summed E-state index contributed by atoms with van der Waals surface area (Å²) in [6, 6.07) is 12.1. The van der Waals surface area contributed by atoms with Crippen molar-refractivity contribution < 1.29 is 4.79 Å². The average molecular weight is 307 g/mol. The molecular formula is C15H12Cl2N2O. The summed E-state index contributed by atoms with van der Waals surface area (Å²) in [4.78, 5) is 11.8. The van der Waals surface area contributed by atoms with E-state index in [1.165, 1.54) is 6.08 Å². The Hall–Kier alpha value is -1.97. The Morgan fingerprint density at radius 3 is 2.60 bits per heavy atom. The fourth-order valence-corrected chi connectivity index (χ4v) is 2.09. The van der Waals surface area contributed by atoms with Gasteiger partial charge in [-0.15, -0.1) is 0 Å². The van der Waals surface area contributed by atoms with Crippen LogP contribution in [0, 0.1) is 0 Å². The van der Waals surface area contributed by atoms with Crippen LogP contribution < -0.4 is 11.1 Å². The summed E-state index contributed by atoms with van der Waals surface area (Å²) in [6.45, 7) is 0. The van der Waals surface area contributed by atoms with Gasteiger partial charge in [0.1, 0.15) is 0 Å². The van der Waals surface area contributed by atoms with E-state index in [0.29, 0.717) is 21.4 Å². The van der Waals surface area contributed by atoms with Crippen LogP contribution in [0.5, 0.6) is 0 Å². The van der Waals surface area contributed by atoms with Gasteiger partial charge in [-0.05, 0) is 35.9 Å². The fourth-order valence-electron chi connectivity index (χ4n) is 1.64. The zero-order valence-corrected chi connectivity index (χ0v) is 11.9. The molecule has 0 unspecified atom stereocenters. The lowest BCUT2D eigenvalue weighted by atomic mass is 10.2. The van der Waals surface area contributed by atoms with Crippen LogP contribution >= 0.6 is 23.2 Å². The van der Waals surface area contributed by atoms with Gasteiger partial charge in [0.25, 0.3) is 0 Å². The molecular weight excluding hydrogens is 295 g/mol. The molecule has 2 aromatic rings. The molecule has 0 bridgehead atoms. The maximum atomic E-state index is 11.8. The third-order valence-electron chi connectivity index (χ3n) is 2.51. The van der Waals surface area contributed by atoms with Crippen molar-refractivity contribution in [3.05, 3.63) is 64.1 Å². The zero-order chi connectivity index (χ0) is 14.5. The number of nitrogens with one attached hydrogen (secondary N) is 1. The Morgan fingerprint density at radius 1 is 1.15 bits per heavy atom. The van der Waals surface area contributed by atoms with Crippen LogP contribution in [0.4, 0.5) is 11.4 Å². The molecule has 5 heteroatoms. The summed E-state index contributed by atoms with van der Waals surface area (Å²) in [5.41, 5.74) is 7.46. The SMILES string of the molecule is Nc1cc(Cl)cc(NC(=O)/C=C/c2ccccc2Cl)c1. The summed E-state index contributed by atoms with van der Waals surface area (Å²) >= 11 is 11.9. The van der Waals surface area contributed by atoms with Crippen molar-refractivity contribution in [2.24, 2.45) is 0 Å². The smallest absolute Gasteiger partial charge is 0.248 e. The van der Waals surface area contributed by atoms with E-state index in [9.17, 15) is 4.79 Å². The van der Waals surface area contributed by atoms with Gasteiger partial charge in [0, 0.05) is 27.5 Å². The standard InChI is InChI=1S/C15H12Cl2N2O/c16-11-7-12(18)9-13(8-11)19-15(20)6-5-10-3-1-2-4-14(10)17/h1-9H,18H2,(H,19,20)/b6-5+. The fraction of sp³-hybridized carbons (Fsp3) is 0. The highest BCUT2D eigenvalue weighted by atomic mass is 35.5. The summed E-state index contributed by atoms with van der Waals surface area (Å²) < 4.78 is 0. The normalized spacial score (nSPS) is 10.7. The Labute approximate surface area is 127 Å². The first-order chi connectivity index (χ1) is 9.54. The molecule has 20 heavy (non-hydrogen) atoms. The number of carbonyl (C=O) groups is 1. The van der Waals surface area contributed by atoms with Crippen LogP contribution in [0.2, 0.25) is 10.0 Å². The second-order valence-electron chi connectivity index (χ2n) is 4.12. The van der Waals surface area contributed by atoms with Crippen molar-refractivity contribution in [3.63, 3.8) is 0 Å². The number of nitrogen functional groups attached to an aromatic ring is 1. The van der Waals surface area contributed by atoms with Crippen molar-refractivity contribution in [3.8, 4) is 0 Å². The molecule has 2 aromatic carbocycles. The Bertz CT molecular complexity index is 648. The highest BCUT2D eigenvalue weighted by molar-refractivity contribution is 6.32. The van der Waals surface area contributed by atoms with Gasteiger partial charge < -0.3 is 11.1 Å². The van der Waals surface area contributed by atoms with E-state index in [0.717, 1.165) is 5.56 Å². The summed E-state index contributed by atoms with van der Waals surface area (Å²) in [6.07, 6.45) is 3.05. The molecule has 0 aliphatic carbocycles. The van der Waals surface area contributed by atoms with Gasteiger partial charge in [0.05, 0.1) is 0 Å². The van der Waals surface area contributed by atoms with Crippen molar-refractivity contribution in [2.45, 2.75) is 0 Å². The van der Waals surface area contributed by atoms with Gasteiger partial charge in [-0.25, -0.2) is 0 Å². The predicted molar refractivity (Wildman–Crippen MR) is 85.0 cm³/mol. The van der Waals surface area contributed by atoms with Gasteiger partial charge in [-0.2, -0.15) is 0 Å². The Balaban J connectivity index is 2.07. The predicted octanol–water partition coefficient (Wildman–Crippen LogP) is 4.23. The molecule has 0 aliphatic rings. The van der Waals surface area contributed by atoms with Gasteiger partial charge in [0.15, 0.2) is 0 Å². The van der Waals surface area contributed by atoms with E-state index in [4.69, 9.17) is 28.9 Å². The summed E-state index contributed by atoms with van der Waals surface area (Å²) in [7, 11) is 0. The minimum absolute atomic E-state index is 0.286. The van der Waals surface area contributed by atoms with E-state index in [2.05, 4.69) is 5.32 Å². The molecule has 3 nitrogen and oxygen atoms in total. The number of carbonyl (C=O) groups excluding carboxylic acids is 1. The molecule has 102 valence electrons. The van der Waals surface area contributed by atoms with E-state index in [-0.39, 0.29) is 5.91 Å². The second-order valence-corrected chi connectivity index (χ2v) is 4.96. The maximum absolute atomic E-state index is 11.8. The lowest BCUT2D eigenvalue weighted by Gasteiger charge is -2.04. The number of hydrogen-bond donors (Lipinski definition) is 2. The first-order valence-corrected chi connectivity index (χ1v) is 6.60. The lowest BCUT2D eigenvalue weighted by molar-refractivity contribution is -0.111. The number of amides is 1. The van der Waals surface area contributed by atoms with E-state index >= 15 is 0 Å². The van der Waals surface area contributed by atoms with Crippen LogP contribution in [0.3, 0.4) is 0 Å². The number of halogens is 2. The molecule has 0 spiro atoms. The third kappa shape index (κ3) is 4.02. The molecule has 1 amide bonds. The number of nitrogens with two attached hydrogens (primary N) is 1. The first kappa shape index (κ1) is 14.4. The van der Waals surface area contributed by atoms with Crippen LogP contribution in [-0.2, 0) is 4.79 Å². The minimum Gasteiger partial charge on any atom is -0.399 e. The largest absolute Gasteiger partial charge is 0.399 e. The van der Waals surface area contributed by atoms with E-state index < -0.39 is 0 Å².